The van der Waals surface area contributed by atoms with Gasteiger partial charge in [0.2, 0.25) is 0 Å². The molecule has 216 valence electrons. The second kappa shape index (κ2) is 8.04. The van der Waals surface area contributed by atoms with Crippen molar-refractivity contribution in [1.29, 1.82) is 0 Å². The van der Waals surface area contributed by atoms with Gasteiger partial charge in [0.15, 0.2) is 0 Å². The Bertz CT molecular complexity index is 1350. The number of fused-ring (bicyclic) bond motifs is 4. The van der Waals surface area contributed by atoms with Crippen molar-refractivity contribution in [3.05, 3.63) is 90.0 Å². The first-order valence-corrected chi connectivity index (χ1v) is 13.1. The van der Waals surface area contributed by atoms with Gasteiger partial charge in [0.25, 0.3) is 0 Å². The zero-order chi connectivity index (χ0) is 29.6. The van der Waals surface area contributed by atoms with E-state index in [9.17, 15) is 52.7 Å². The van der Waals surface area contributed by atoms with Crippen LogP contribution < -0.4 is 15.7 Å². The van der Waals surface area contributed by atoms with E-state index in [2.05, 4.69) is 5.09 Å². The Morgan fingerprint density at radius 3 is 1.15 bits per heavy atom. The summed E-state index contributed by atoms with van der Waals surface area (Å²) in [5, 5.41) is -0.439. The van der Waals surface area contributed by atoms with Crippen LogP contribution in [0, 0.1) is 0 Å². The Hall–Kier alpha value is -3.03. The summed E-state index contributed by atoms with van der Waals surface area (Å²) in [6.45, 7) is 0. The number of nitrogens with one attached hydrogen (secondary N) is 1. The molecule has 3 aromatic rings. The van der Waals surface area contributed by atoms with E-state index < -0.39 is 70.5 Å². The molecular weight excluding hydrogens is 593 g/mol. The Morgan fingerprint density at radius 1 is 0.475 bits per heavy atom. The van der Waals surface area contributed by atoms with Crippen molar-refractivity contribution in [2.45, 2.75) is 35.9 Å². The Labute approximate surface area is 216 Å². The van der Waals surface area contributed by atoms with Crippen molar-refractivity contribution >= 4 is 23.5 Å². The predicted molar refractivity (Wildman–Crippen MR) is 119 cm³/mol. The fourth-order valence-corrected chi connectivity index (χ4v) is 10.6. The maximum absolute atomic E-state index is 14.6. The van der Waals surface area contributed by atoms with Crippen LogP contribution in [-0.2, 0) is 20.2 Å². The molecule has 0 aliphatic carbocycles. The number of halogens is 12. The van der Waals surface area contributed by atoms with Gasteiger partial charge < -0.3 is 0 Å². The van der Waals surface area contributed by atoms with Gasteiger partial charge in [-0.15, -0.1) is 0 Å². The Morgan fingerprint density at radius 2 is 0.800 bits per heavy atom. The summed E-state index contributed by atoms with van der Waals surface area (Å²) >= 11 is 0. The van der Waals surface area contributed by atoms with E-state index >= 15 is 0 Å². The molecule has 1 spiro atoms. The number of benzene rings is 3. The minimum absolute atomic E-state index is 0.289. The van der Waals surface area contributed by atoms with Crippen LogP contribution in [0.25, 0.3) is 0 Å². The first-order valence-electron chi connectivity index (χ1n) is 11.0. The average molecular weight is 607 g/mol. The molecule has 2 aliphatic rings. The van der Waals surface area contributed by atoms with Crippen molar-refractivity contribution in [2.75, 3.05) is 5.09 Å². The average Bonchev–Trinajstić information content (AvgIpc) is 3.27. The van der Waals surface area contributed by atoms with Crippen molar-refractivity contribution < 1.29 is 61.7 Å². The molecule has 0 aromatic heterocycles. The standard InChI is InChI=1S/C24H14F12NO2P/c25-21(26,27)19(22(28,29)30)15-10-4-6-12-17(15)40(38-19,37-14-8-2-1-3-9-14)18-13-7-5-11-16(18)20(39-40,23(31,32)33)24(34,35)36/h1-13,37H. The quantitative estimate of drug-likeness (QED) is 0.239. The van der Waals surface area contributed by atoms with Crippen LogP contribution in [0.5, 0.6) is 0 Å². The number of rotatable bonds is 2. The monoisotopic (exact) mass is 607 g/mol. The summed E-state index contributed by atoms with van der Waals surface area (Å²) in [7, 11) is -6.98. The molecule has 16 heteroatoms. The van der Waals surface area contributed by atoms with E-state index in [0.29, 0.717) is 12.1 Å². The third kappa shape index (κ3) is 3.28. The maximum atomic E-state index is 14.6. The van der Waals surface area contributed by atoms with Gasteiger partial charge in [-0.1, -0.05) is 0 Å². The first-order chi connectivity index (χ1) is 18.3. The molecule has 3 nitrogen and oxygen atoms in total. The first kappa shape index (κ1) is 28.5. The molecule has 0 bridgehead atoms. The third-order valence-electron chi connectivity index (χ3n) is 6.77. The molecule has 5 rings (SSSR count). The van der Waals surface area contributed by atoms with Crippen LogP contribution >= 0.6 is 7.21 Å². The summed E-state index contributed by atoms with van der Waals surface area (Å²) in [6, 6.07) is 10.6. The molecular formula is C24H14F12NO2P. The summed E-state index contributed by atoms with van der Waals surface area (Å²) in [4.78, 5) is 0. The fraction of sp³-hybridized carbons (Fsp3) is 0.250. The van der Waals surface area contributed by atoms with Crippen LogP contribution in [0.3, 0.4) is 0 Å². The second-order valence-electron chi connectivity index (χ2n) is 9.01. The van der Waals surface area contributed by atoms with Crippen molar-refractivity contribution in [3.8, 4) is 0 Å². The van der Waals surface area contributed by atoms with Gasteiger partial charge in [0.1, 0.15) is 0 Å². The molecule has 1 N–H and O–H groups in total. The molecule has 0 unspecified atom stereocenters. The van der Waals surface area contributed by atoms with Gasteiger partial charge in [-0.05, 0) is 0 Å². The van der Waals surface area contributed by atoms with Crippen molar-refractivity contribution in [3.63, 3.8) is 0 Å². The van der Waals surface area contributed by atoms with E-state index in [4.69, 9.17) is 9.05 Å². The SMILES string of the molecule is FC(F)(F)C1(C(F)(F)F)OP2(Nc3ccccc3)(OC(C(F)(F)F)(C(F)(F)F)c3ccccc32)c2ccccc21. The predicted octanol–water partition coefficient (Wildman–Crippen LogP) is 7.75. The molecule has 0 amide bonds. The van der Waals surface area contributed by atoms with E-state index in [0.717, 1.165) is 36.4 Å². The van der Waals surface area contributed by atoms with Crippen LogP contribution in [0.1, 0.15) is 11.1 Å². The van der Waals surface area contributed by atoms with Gasteiger partial charge in [-0.3, -0.25) is 0 Å². The Balaban J connectivity index is 2.04. The van der Waals surface area contributed by atoms with Gasteiger partial charge >= 0.3 is 216 Å². The van der Waals surface area contributed by atoms with E-state index in [1.807, 2.05) is 0 Å². The van der Waals surface area contributed by atoms with Crippen LogP contribution in [0.2, 0.25) is 0 Å². The molecule has 0 radical (unpaired) electrons. The Kier molecular flexibility index (Phi) is 5.73. The minimum atomic E-state index is -6.98. The zero-order valence-electron chi connectivity index (χ0n) is 19.3. The van der Waals surface area contributed by atoms with Crippen LogP contribution in [-0.4, -0.2) is 24.7 Å². The number of hydrogen-bond donors (Lipinski definition) is 1. The van der Waals surface area contributed by atoms with E-state index in [1.165, 1.54) is 18.2 Å². The topological polar surface area (TPSA) is 30.5 Å². The summed E-state index contributed by atoms with van der Waals surface area (Å²) in [6.07, 6.45) is -25.7. The number of alkyl halides is 12. The summed E-state index contributed by atoms with van der Waals surface area (Å²) in [5.41, 5.74) is -14.7. The fourth-order valence-electron chi connectivity index (χ4n) is 5.27. The normalized spacial score (nSPS) is 21.8. The molecule has 0 atom stereocenters. The van der Waals surface area contributed by atoms with E-state index in [1.54, 1.807) is 0 Å². The van der Waals surface area contributed by atoms with E-state index in [-0.39, 0.29) is 12.1 Å². The molecule has 40 heavy (non-hydrogen) atoms. The molecule has 3 aromatic carbocycles. The molecule has 2 aliphatic heterocycles. The molecule has 0 saturated heterocycles. The second-order valence-corrected chi connectivity index (χ2v) is 12.5. The van der Waals surface area contributed by atoms with Gasteiger partial charge in [-0.25, -0.2) is 0 Å². The molecule has 2 heterocycles. The van der Waals surface area contributed by atoms with Crippen LogP contribution in [0.15, 0.2) is 78.9 Å². The van der Waals surface area contributed by atoms with Gasteiger partial charge in [-0.2, -0.15) is 0 Å². The number of para-hydroxylation sites is 1. The number of hydrogen-bond acceptors (Lipinski definition) is 3. The zero-order valence-corrected chi connectivity index (χ0v) is 20.2. The molecule has 0 saturated carbocycles. The van der Waals surface area contributed by atoms with Crippen molar-refractivity contribution in [1.82, 2.24) is 0 Å². The van der Waals surface area contributed by atoms with Gasteiger partial charge in [0.05, 0.1) is 0 Å². The van der Waals surface area contributed by atoms with Gasteiger partial charge in [0, 0.05) is 0 Å². The summed E-state index contributed by atoms with van der Waals surface area (Å²) in [5.74, 6) is 0. The summed E-state index contributed by atoms with van der Waals surface area (Å²) < 4.78 is 185. The van der Waals surface area contributed by atoms with Crippen LogP contribution in [0.4, 0.5) is 58.4 Å². The molecule has 0 fully saturated rings. The van der Waals surface area contributed by atoms with Crippen molar-refractivity contribution in [2.24, 2.45) is 0 Å². The number of anilines is 1. The third-order valence-corrected chi connectivity index (χ3v) is 11.2.